The van der Waals surface area contributed by atoms with Crippen LogP contribution in [0.4, 0.5) is 5.69 Å². The van der Waals surface area contributed by atoms with Crippen molar-refractivity contribution in [1.82, 2.24) is 4.90 Å². The Kier molecular flexibility index (Phi) is 5.31. The van der Waals surface area contributed by atoms with Crippen LogP contribution in [0.1, 0.15) is 15.9 Å². The molecule has 0 fully saturated rings. The van der Waals surface area contributed by atoms with Gasteiger partial charge in [-0.15, -0.1) is 11.8 Å². The number of amides is 1. The van der Waals surface area contributed by atoms with Crippen molar-refractivity contribution in [1.29, 1.82) is 0 Å². The van der Waals surface area contributed by atoms with Gasteiger partial charge in [0.1, 0.15) is 0 Å². The van der Waals surface area contributed by atoms with Gasteiger partial charge < -0.3 is 10.6 Å². The molecule has 0 radical (unpaired) electrons. The Morgan fingerprint density at radius 3 is 2.48 bits per heavy atom. The monoisotopic (exact) mass is 364 g/mol. The molecule has 0 aliphatic heterocycles. The van der Waals surface area contributed by atoms with Gasteiger partial charge in [0.25, 0.3) is 5.91 Å². The van der Waals surface area contributed by atoms with Crippen molar-refractivity contribution in [3.05, 3.63) is 58.1 Å². The minimum atomic E-state index is -0.0235. The zero-order valence-corrected chi connectivity index (χ0v) is 14.4. The molecule has 2 rings (SSSR count). The number of anilines is 1. The summed E-state index contributed by atoms with van der Waals surface area (Å²) in [5.74, 6) is -0.0235. The summed E-state index contributed by atoms with van der Waals surface area (Å²) in [7, 11) is 1.80. The summed E-state index contributed by atoms with van der Waals surface area (Å²) in [6.07, 6.45) is 2.05. The van der Waals surface area contributed by atoms with Crippen molar-refractivity contribution in [2.75, 3.05) is 19.0 Å². The van der Waals surface area contributed by atoms with E-state index in [1.165, 1.54) is 4.90 Å². The lowest BCUT2D eigenvalue weighted by atomic mass is 10.1. The maximum absolute atomic E-state index is 12.4. The predicted octanol–water partition coefficient (Wildman–Crippen LogP) is 4.03. The Morgan fingerprint density at radius 1 is 1.24 bits per heavy atom. The highest BCUT2D eigenvalue weighted by Gasteiger charge is 2.13. The molecular weight excluding hydrogens is 348 g/mol. The average Bonchev–Trinajstić information content (AvgIpc) is 2.50. The second-order valence-electron chi connectivity index (χ2n) is 4.75. The number of halogens is 1. The van der Waals surface area contributed by atoms with Crippen molar-refractivity contribution in [2.45, 2.75) is 11.4 Å². The third-order valence-corrected chi connectivity index (χ3v) is 4.60. The minimum Gasteiger partial charge on any atom is -0.398 e. The summed E-state index contributed by atoms with van der Waals surface area (Å²) in [6, 6.07) is 13.5. The molecule has 0 saturated carbocycles. The molecule has 0 unspecified atom stereocenters. The van der Waals surface area contributed by atoms with E-state index in [-0.39, 0.29) is 5.91 Å². The lowest BCUT2D eigenvalue weighted by molar-refractivity contribution is 0.0785. The molecule has 0 saturated heterocycles. The van der Waals surface area contributed by atoms with Crippen molar-refractivity contribution in [3.63, 3.8) is 0 Å². The number of nitrogens with two attached hydrogens (primary N) is 1. The van der Waals surface area contributed by atoms with Gasteiger partial charge in [-0.2, -0.15) is 0 Å². The fourth-order valence-electron chi connectivity index (χ4n) is 1.96. The van der Waals surface area contributed by atoms with Gasteiger partial charge in [-0.05, 0) is 58.1 Å². The van der Waals surface area contributed by atoms with Gasteiger partial charge in [0.05, 0.1) is 0 Å². The number of hydrogen-bond donors (Lipinski definition) is 1. The first-order valence-electron chi connectivity index (χ1n) is 6.44. The van der Waals surface area contributed by atoms with Crippen LogP contribution in [0.15, 0.2) is 51.8 Å². The van der Waals surface area contributed by atoms with Crippen LogP contribution in [0.2, 0.25) is 0 Å². The smallest absolute Gasteiger partial charge is 0.253 e. The van der Waals surface area contributed by atoms with E-state index in [0.29, 0.717) is 17.8 Å². The lowest BCUT2D eigenvalue weighted by Gasteiger charge is -2.18. The third-order valence-electron chi connectivity index (χ3n) is 3.17. The molecule has 1 amide bonds. The van der Waals surface area contributed by atoms with E-state index in [2.05, 4.69) is 40.2 Å². The molecule has 2 aromatic rings. The molecule has 2 N–H and O–H groups in total. The quantitative estimate of drug-likeness (QED) is 0.658. The van der Waals surface area contributed by atoms with E-state index in [9.17, 15) is 4.79 Å². The van der Waals surface area contributed by atoms with Crippen LogP contribution < -0.4 is 5.73 Å². The first-order chi connectivity index (χ1) is 10.0. The summed E-state index contributed by atoms with van der Waals surface area (Å²) in [4.78, 5) is 15.3. The second kappa shape index (κ2) is 7.00. The van der Waals surface area contributed by atoms with Crippen LogP contribution in [0.5, 0.6) is 0 Å². The molecule has 0 aliphatic carbocycles. The highest BCUT2D eigenvalue weighted by atomic mass is 79.9. The van der Waals surface area contributed by atoms with E-state index in [0.717, 1.165) is 10.0 Å². The summed E-state index contributed by atoms with van der Waals surface area (Å²) in [5.41, 5.74) is 8.10. The fourth-order valence-corrected chi connectivity index (χ4v) is 2.74. The van der Waals surface area contributed by atoms with E-state index >= 15 is 0 Å². The van der Waals surface area contributed by atoms with Crippen molar-refractivity contribution < 1.29 is 4.79 Å². The van der Waals surface area contributed by atoms with Crippen LogP contribution in [0, 0.1) is 0 Å². The third kappa shape index (κ3) is 4.02. The molecule has 110 valence electrons. The number of nitrogens with zero attached hydrogens (tertiary/aromatic N) is 1. The Labute approximate surface area is 137 Å². The summed E-state index contributed by atoms with van der Waals surface area (Å²) < 4.78 is 0.742. The standard InChI is InChI=1S/C16H17BrN2OS/c1-19(10-11-3-6-13(21-2)7-4-11)16(20)12-5-8-15(18)14(17)9-12/h3-9H,10,18H2,1-2H3. The van der Waals surface area contributed by atoms with Crippen LogP contribution >= 0.6 is 27.7 Å². The number of benzene rings is 2. The van der Waals surface area contributed by atoms with Crippen molar-refractivity contribution in [3.8, 4) is 0 Å². The fraction of sp³-hybridized carbons (Fsp3) is 0.188. The van der Waals surface area contributed by atoms with E-state index < -0.39 is 0 Å². The first kappa shape index (κ1) is 15.9. The molecule has 0 aliphatic rings. The summed E-state index contributed by atoms with van der Waals surface area (Å²) in [5, 5.41) is 0. The molecule has 0 heterocycles. The molecule has 0 spiro atoms. The minimum absolute atomic E-state index is 0.0235. The van der Waals surface area contributed by atoms with Crippen LogP contribution in [-0.4, -0.2) is 24.1 Å². The number of nitrogen functional groups attached to an aromatic ring is 1. The number of rotatable bonds is 4. The van der Waals surface area contributed by atoms with Gasteiger partial charge in [-0.1, -0.05) is 12.1 Å². The SMILES string of the molecule is CSc1ccc(CN(C)C(=O)c2ccc(N)c(Br)c2)cc1. The Morgan fingerprint density at radius 2 is 1.90 bits per heavy atom. The molecule has 5 heteroatoms. The zero-order valence-electron chi connectivity index (χ0n) is 12.0. The molecular formula is C16H17BrN2OS. The predicted molar refractivity (Wildman–Crippen MR) is 92.6 cm³/mol. The maximum atomic E-state index is 12.4. The molecule has 2 aromatic carbocycles. The molecule has 3 nitrogen and oxygen atoms in total. The first-order valence-corrected chi connectivity index (χ1v) is 8.46. The molecule has 0 aromatic heterocycles. The lowest BCUT2D eigenvalue weighted by Crippen LogP contribution is -2.26. The zero-order chi connectivity index (χ0) is 15.4. The molecule has 0 bridgehead atoms. The van der Waals surface area contributed by atoms with E-state index in [4.69, 9.17) is 5.73 Å². The van der Waals surface area contributed by atoms with Crippen LogP contribution in [0.3, 0.4) is 0 Å². The van der Waals surface area contributed by atoms with Gasteiger partial charge in [-0.25, -0.2) is 0 Å². The van der Waals surface area contributed by atoms with E-state index in [1.54, 1.807) is 41.9 Å². The van der Waals surface area contributed by atoms with Gasteiger partial charge in [-0.3, -0.25) is 4.79 Å². The Hall–Kier alpha value is -1.46. The number of thioether (sulfide) groups is 1. The van der Waals surface area contributed by atoms with Crippen molar-refractivity contribution >= 4 is 39.3 Å². The topological polar surface area (TPSA) is 46.3 Å². The van der Waals surface area contributed by atoms with E-state index in [1.807, 2.05) is 6.26 Å². The normalized spacial score (nSPS) is 10.4. The maximum Gasteiger partial charge on any atom is 0.253 e. The van der Waals surface area contributed by atoms with Gasteiger partial charge >= 0.3 is 0 Å². The highest BCUT2D eigenvalue weighted by molar-refractivity contribution is 9.10. The number of carbonyl (C=O) groups is 1. The highest BCUT2D eigenvalue weighted by Crippen LogP contribution is 2.22. The summed E-state index contributed by atoms with van der Waals surface area (Å²) in [6.45, 7) is 0.579. The largest absolute Gasteiger partial charge is 0.398 e. The Bertz CT molecular complexity index is 643. The van der Waals surface area contributed by atoms with Gasteiger partial charge in [0.2, 0.25) is 0 Å². The number of carbonyl (C=O) groups excluding carboxylic acids is 1. The number of hydrogen-bond acceptors (Lipinski definition) is 3. The second-order valence-corrected chi connectivity index (χ2v) is 6.48. The average molecular weight is 365 g/mol. The van der Waals surface area contributed by atoms with Crippen LogP contribution in [-0.2, 0) is 6.54 Å². The van der Waals surface area contributed by atoms with Gasteiger partial charge in [0, 0.05) is 34.2 Å². The van der Waals surface area contributed by atoms with Crippen molar-refractivity contribution in [2.24, 2.45) is 0 Å². The molecule has 0 atom stereocenters. The van der Waals surface area contributed by atoms with Gasteiger partial charge in [0.15, 0.2) is 0 Å². The summed E-state index contributed by atoms with van der Waals surface area (Å²) >= 11 is 5.05. The Balaban J connectivity index is 2.09. The molecule has 21 heavy (non-hydrogen) atoms. The van der Waals surface area contributed by atoms with Crippen LogP contribution in [0.25, 0.3) is 0 Å².